The van der Waals surface area contributed by atoms with Crippen LogP contribution in [0, 0.1) is 0 Å². The molecule has 0 spiro atoms. The van der Waals surface area contributed by atoms with Crippen LogP contribution in [0.5, 0.6) is 0 Å². The maximum Gasteiger partial charge on any atom is 0.226 e. The predicted octanol–water partition coefficient (Wildman–Crippen LogP) is 2.06. The predicted molar refractivity (Wildman–Crippen MR) is 58.6 cm³/mol. The van der Waals surface area contributed by atoms with Gasteiger partial charge in [-0.05, 0) is 6.07 Å². The molecule has 0 atom stereocenters. The second kappa shape index (κ2) is 3.77. The van der Waals surface area contributed by atoms with E-state index in [1.165, 1.54) is 0 Å². The molecule has 0 aliphatic heterocycles. The topological polar surface area (TPSA) is 33.5 Å². The number of hydrogen-bond donors (Lipinski definition) is 0. The Kier molecular flexibility index (Phi) is 2.46. The molecular weight excluding hydrogens is 190 g/mol. The lowest BCUT2D eigenvalue weighted by molar-refractivity contribution is -0.127. The summed E-state index contributed by atoms with van der Waals surface area (Å²) in [5, 5.41) is 1.02. The first kappa shape index (κ1) is 9.77. The van der Waals surface area contributed by atoms with Crippen molar-refractivity contribution in [2.75, 3.05) is 14.1 Å². The number of amides is 1. The van der Waals surface area contributed by atoms with Crippen LogP contribution in [0.4, 0.5) is 0 Å². The largest absolute Gasteiger partial charge is 0.464 e. The van der Waals surface area contributed by atoms with Crippen molar-refractivity contribution in [3.05, 3.63) is 36.1 Å². The molecule has 1 amide bonds. The first-order valence-electron chi connectivity index (χ1n) is 4.84. The molecule has 1 aromatic heterocycles. The fraction of sp³-hybridized carbons (Fsp3) is 0.250. The summed E-state index contributed by atoms with van der Waals surface area (Å²) < 4.78 is 5.36. The van der Waals surface area contributed by atoms with Crippen molar-refractivity contribution in [3.63, 3.8) is 0 Å². The van der Waals surface area contributed by atoms with Gasteiger partial charge in [0.05, 0.1) is 12.7 Å². The molecule has 1 heterocycles. The SMILES string of the molecule is CN(C)C(=O)Cc1coc2ccccc12. The Balaban J connectivity index is 2.33. The molecule has 0 saturated carbocycles. The van der Waals surface area contributed by atoms with Crippen LogP contribution in [0.15, 0.2) is 34.9 Å². The van der Waals surface area contributed by atoms with Crippen LogP contribution in [0.1, 0.15) is 5.56 Å². The van der Waals surface area contributed by atoms with Gasteiger partial charge in [0, 0.05) is 25.0 Å². The molecule has 0 N–H and O–H groups in total. The van der Waals surface area contributed by atoms with E-state index in [9.17, 15) is 4.79 Å². The molecule has 3 nitrogen and oxygen atoms in total. The van der Waals surface area contributed by atoms with Crippen molar-refractivity contribution < 1.29 is 9.21 Å². The van der Waals surface area contributed by atoms with E-state index in [1.54, 1.807) is 25.3 Å². The van der Waals surface area contributed by atoms with Gasteiger partial charge >= 0.3 is 0 Å². The summed E-state index contributed by atoms with van der Waals surface area (Å²) >= 11 is 0. The highest BCUT2D eigenvalue weighted by Crippen LogP contribution is 2.21. The van der Waals surface area contributed by atoms with Gasteiger partial charge in [-0.2, -0.15) is 0 Å². The molecule has 0 unspecified atom stereocenters. The third-order valence-electron chi connectivity index (χ3n) is 2.40. The van der Waals surface area contributed by atoms with Gasteiger partial charge in [0.15, 0.2) is 0 Å². The molecule has 1 aromatic carbocycles. The third kappa shape index (κ3) is 1.86. The summed E-state index contributed by atoms with van der Waals surface area (Å²) in [7, 11) is 3.51. The third-order valence-corrected chi connectivity index (χ3v) is 2.40. The Labute approximate surface area is 88.3 Å². The van der Waals surface area contributed by atoms with Crippen LogP contribution in [-0.2, 0) is 11.2 Å². The number of para-hydroxylation sites is 1. The lowest BCUT2D eigenvalue weighted by atomic mass is 10.1. The van der Waals surface area contributed by atoms with Crippen LogP contribution in [0.3, 0.4) is 0 Å². The molecule has 0 bridgehead atoms. The number of fused-ring (bicyclic) bond motifs is 1. The molecule has 0 radical (unpaired) electrons. The van der Waals surface area contributed by atoms with E-state index in [1.807, 2.05) is 24.3 Å². The van der Waals surface area contributed by atoms with Gasteiger partial charge in [-0.15, -0.1) is 0 Å². The van der Waals surface area contributed by atoms with Crippen molar-refractivity contribution in [3.8, 4) is 0 Å². The second-order valence-corrected chi connectivity index (χ2v) is 3.72. The van der Waals surface area contributed by atoms with Crippen LogP contribution < -0.4 is 0 Å². The minimum atomic E-state index is 0.0848. The first-order valence-corrected chi connectivity index (χ1v) is 4.84. The summed E-state index contributed by atoms with van der Waals surface area (Å²) in [5.74, 6) is 0.0848. The van der Waals surface area contributed by atoms with Crippen LogP contribution in [0.2, 0.25) is 0 Å². The lowest BCUT2D eigenvalue weighted by Gasteiger charge is -2.08. The maximum absolute atomic E-state index is 11.5. The average Bonchev–Trinajstić information content (AvgIpc) is 2.62. The highest BCUT2D eigenvalue weighted by atomic mass is 16.3. The van der Waals surface area contributed by atoms with E-state index in [0.29, 0.717) is 6.42 Å². The van der Waals surface area contributed by atoms with Gasteiger partial charge in [-0.25, -0.2) is 0 Å². The number of carbonyl (C=O) groups is 1. The molecule has 0 fully saturated rings. The van der Waals surface area contributed by atoms with Gasteiger partial charge in [0.1, 0.15) is 5.58 Å². The second-order valence-electron chi connectivity index (χ2n) is 3.72. The zero-order valence-corrected chi connectivity index (χ0v) is 8.86. The average molecular weight is 203 g/mol. The molecule has 2 rings (SSSR count). The van der Waals surface area contributed by atoms with Gasteiger partial charge in [-0.3, -0.25) is 4.79 Å². The molecule has 0 aliphatic carbocycles. The summed E-state index contributed by atoms with van der Waals surface area (Å²) in [5.41, 5.74) is 1.78. The summed E-state index contributed by atoms with van der Waals surface area (Å²) in [6.07, 6.45) is 2.05. The molecule has 15 heavy (non-hydrogen) atoms. The standard InChI is InChI=1S/C12H13NO2/c1-13(2)12(14)7-9-8-15-11-6-4-3-5-10(9)11/h3-6,8H,7H2,1-2H3. The quantitative estimate of drug-likeness (QED) is 0.748. The summed E-state index contributed by atoms with van der Waals surface area (Å²) in [6.45, 7) is 0. The number of furan rings is 1. The van der Waals surface area contributed by atoms with Crippen molar-refractivity contribution in [1.29, 1.82) is 0 Å². The minimum absolute atomic E-state index is 0.0848. The van der Waals surface area contributed by atoms with Crippen LogP contribution in [-0.4, -0.2) is 24.9 Å². The Morgan fingerprint density at radius 2 is 2.07 bits per heavy atom. The molecule has 78 valence electrons. The number of rotatable bonds is 2. The molecule has 0 saturated heterocycles. The minimum Gasteiger partial charge on any atom is -0.464 e. The van der Waals surface area contributed by atoms with Gasteiger partial charge in [-0.1, -0.05) is 18.2 Å². The van der Waals surface area contributed by atoms with Crippen molar-refractivity contribution in [2.45, 2.75) is 6.42 Å². The van der Waals surface area contributed by atoms with E-state index in [0.717, 1.165) is 16.5 Å². The Hall–Kier alpha value is -1.77. The highest BCUT2D eigenvalue weighted by Gasteiger charge is 2.10. The highest BCUT2D eigenvalue weighted by molar-refractivity contribution is 5.87. The number of benzene rings is 1. The number of hydrogen-bond acceptors (Lipinski definition) is 2. The molecular formula is C12H13NO2. The Morgan fingerprint density at radius 3 is 2.80 bits per heavy atom. The summed E-state index contributed by atoms with van der Waals surface area (Å²) in [4.78, 5) is 13.1. The number of carbonyl (C=O) groups excluding carboxylic acids is 1. The summed E-state index contributed by atoms with van der Waals surface area (Å²) in [6, 6.07) is 7.74. The first-order chi connectivity index (χ1) is 7.18. The van der Waals surface area contributed by atoms with E-state index in [-0.39, 0.29) is 5.91 Å². The van der Waals surface area contributed by atoms with Crippen LogP contribution >= 0.6 is 0 Å². The zero-order chi connectivity index (χ0) is 10.8. The van der Waals surface area contributed by atoms with Gasteiger partial charge in [0.2, 0.25) is 5.91 Å². The molecule has 0 aliphatic rings. The Morgan fingerprint density at radius 1 is 1.33 bits per heavy atom. The Bertz CT molecular complexity index is 485. The van der Waals surface area contributed by atoms with Gasteiger partial charge < -0.3 is 9.32 Å². The van der Waals surface area contributed by atoms with Crippen LogP contribution in [0.25, 0.3) is 11.0 Å². The van der Waals surface area contributed by atoms with Crippen molar-refractivity contribution in [2.24, 2.45) is 0 Å². The number of nitrogens with zero attached hydrogens (tertiary/aromatic N) is 1. The fourth-order valence-corrected chi connectivity index (χ4v) is 1.49. The van der Waals surface area contributed by atoms with Gasteiger partial charge in [0.25, 0.3) is 0 Å². The zero-order valence-electron chi connectivity index (χ0n) is 8.86. The van der Waals surface area contributed by atoms with Crippen molar-refractivity contribution >= 4 is 16.9 Å². The van der Waals surface area contributed by atoms with E-state index in [4.69, 9.17) is 4.42 Å². The van der Waals surface area contributed by atoms with E-state index in [2.05, 4.69) is 0 Å². The van der Waals surface area contributed by atoms with E-state index >= 15 is 0 Å². The number of likely N-dealkylation sites (N-methyl/N-ethyl adjacent to an activating group) is 1. The lowest BCUT2D eigenvalue weighted by Crippen LogP contribution is -2.23. The molecule has 2 aromatic rings. The van der Waals surface area contributed by atoms with E-state index < -0.39 is 0 Å². The monoisotopic (exact) mass is 203 g/mol. The normalized spacial score (nSPS) is 10.5. The maximum atomic E-state index is 11.5. The smallest absolute Gasteiger partial charge is 0.226 e. The van der Waals surface area contributed by atoms with Crippen molar-refractivity contribution in [1.82, 2.24) is 4.90 Å². The molecule has 3 heteroatoms. The fourth-order valence-electron chi connectivity index (χ4n) is 1.49.